The van der Waals surface area contributed by atoms with Gasteiger partial charge in [-0.1, -0.05) is 12.1 Å². The van der Waals surface area contributed by atoms with Gasteiger partial charge in [0.25, 0.3) is 0 Å². The molecule has 0 amide bonds. The van der Waals surface area contributed by atoms with Gasteiger partial charge in [-0.05, 0) is 36.6 Å². The van der Waals surface area contributed by atoms with Gasteiger partial charge in [0.1, 0.15) is 12.4 Å². The van der Waals surface area contributed by atoms with Crippen molar-refractivity contribution in [3.05, 3.63) is 59.4 Å². The Hall–Kier alpha value is -2.16. The molecule has 3 nitrogen and oxygen atoms in total. The lowest BCUT2D eigenvalue weighted by Crippen LogP contribution is -2.10. The smallest absolute Gasteiger partial charge is 0.163 e. The predicted octanol–water partition coefficient (Wildman–Crippen LogP) is 3.18. The molecule has 1 aromatic carbocycles. The number of ketones is 1. The standard InChI is InChI=1S/C16H15NO2/c18-16-5-1-4-13-6-7-14(9-15(13)16)19-11-12-3-2-8-17-10-12/h2-3,6-10H,1,4-5,11H2. The Balaban J connectivity index is 1.75. The topological polar surface area (TPSA) is 39.2 Å². The van der Waals surface area contributed by atoms with E-state index in [9.17, 15) is 4.79 Å². The molecule has 0 saturated carbocycles. The van der Waals surface area contributed by atoms with Gasteiger partial charge in [-0.2, -0.15) is 0 Å². The maximum Gasteiger partial charge on any atom is 0.163 e. The monoisotopic (exact) mass is 253 g/mol. The van der Waals surface area contributed by atoms with Crippen molar-refractivity contribution in [2.24, 2.45) is 0 Å². The van der Waals surface area contributed by atoms with Gasteiger partial charge >= 0.3 is 0 Å². The van der Waals surface area contributed by atoms with Crippen LogP contribution < -0.4 is 4.74 Å². The molecule has 3 heteroatoms. The highest BCUT2D eigenvalue weighted by Crippen LogP contribution is 2.25. The Morgan fingerprint density at radius 3 is 3.00 bits per heavy atom. The Bertz CT molecular complexity index is 593. The number of hydrogen-bond acceptors (Lipinski definition) is 3. The van der Waals surface area contributed by atoms with E-state index in [1.54, 1.807) is 12.4 Å². The average molecular weight is 253 g/mol. The van der Waals surface area contributed by atoms with Crippen molar-refractivity contribution in [2.75, 3.05) is 0 Å². The molecule has 1 aromatic heterocycles. The summed E-state index contributed by atoms with van der Waals surface area (Å²) in [7, 11) is 0. The molecule has 0 aliphatic heterocycles. The molecule has 1 heterocycles. The zero-order chi connectivity index (χ0) is 13.1. The molecule has 1 aliphatic rings. The summed E-state index contributed by atoms with van der Waals surface area (Å²) in [5.41, 5.74) is 2.99. The molecular weight excluding hydrogens is 238 g/mol. The highest BCUT2D eigenvalue weighted by atomic mass is 16.5. The van der Waals surface area contributed by atoms with Crippen molar-refractivity contribution in [2.45, 2.75) is 25.9 Å². The summed E-state index contributed by atoms with van der Waals surface area (Å²) in [4.78, 5) is 15.9. The van der Waals surface area contributed by atoms with Crippen LogP contribution in [0.1, 0.15) is 34.3 Å². The van der Waals surface area contributed by atoms with Gasteiger partial charge in [0.15, 0.2) is 5.78 Å². The summed E-state index contributed by atoms with van der Waals surface area (Å²) in [5.74, 6) is 0.978. The SMILES string of the molecule is O=C1CCCc2ccc(OCc3cccnc3)cc21. The Labute approximate surface area is 112 Å². The lowest BCUT2D eigenvalue weighted by molar-refractivity contribution is 0.0972. The zero-order valence-corrected chi connectivity index (χ0v) is 10.6. The van der Waals surface area contributed by atoms with E-state index in [1.807, 2.05) is 30.3 Å². The number of Topliss-reactive ketones (excluding diaryl/α,β-unsaturated/α-hetero) is 1. The number of aromatic nitrogens is 1. The first-order chi connectivity index (χ1) is 9.33. The molecule has 0 spiro atoms. The van der Waals surface area contributed by atoms with Crippen molar-refractivity contribution in [1.29, 1.82) is 0 Å². The van der Waals surface area contributed by atoms with E-state index >= 15 is 0 Å². The maximum absolute atomic E-state index is 11.8. The van der Waals surface area contributed by atoms with Gasteiger partial charge in [0.2, 0.25) is 0 Å². The van der Waals surface area contributed by atoms with Gasteiger partial charge in [0.05, 0.1) is 0 Å². The number of hydrogen-bond donors (Lipinski definition) is 0. The Morgan fingerprint density at radius 2 is 2.16 bits per heavy atom. The molecule has 0 radical (unpaired) electrons. The van der Waals surface area contributed by atoms with E-state index in [-0.39, 0.29) is 5.78 Å². The number of pyridine rings is 1. The third-order valence-corrected chi connectivity index (χ3v) is 3.36. The molecule has 3 rings (SSSR count). The van der Waals surface area contributed by atoms with Crippen LogP contribution in [0.2, 0.25) is 0 Å². The summed E-state index contributed by atoms with van der Waals surface area (Å²) in [6.45, 7) is 0.473. The van der Waals surface area contributed by atoms with Crippen molar-refractivity contribution < 1.29 is 9.53 Å². The van der Waals surface area contributed by atoms with Crippen molar-refractivity contribution in [3.8, 4) is 5.75 Å². The fraction of sp³-hybridized carbons (Fsp3) is 0.250. The number of nitrogens with zero attached hydrogens (tertiary/aromatic N) is 1. The van der Waals surface area contributed by atoms with Gasteiger partial charge in [-0.25, -0.2) is 0 Å². The minimum Gasteiger partial charge on any atom is -0.489 e. The van der Waals surface area contributed by atoms with Crippen molar-refractivity contribution in [1.82, 2.24) is 4.98 Å². The molecule has 2 aromatic rings. The number of benzene rings is 1. The van der Waals surface area contributed by atoms with E-state index in [1.165, 1.54) is 0 Å². The third-order valence-electron chi connectivity index (χ3n) is 3.36. The van der Waals surface area contributed by atoms with Crippen LogP contribution in [0.15, 0.2) is 42.7 Å². The summed E-state index contributed by atoms with van der Waals surface area (Å²) < 4.78 is 5.71. The van der Waals surface area contributed by atoms with E-state index in [4.69, 9.17) is 4.74 Å². The van der Waals surface area contributed by atoms with Crippen molar-refractivity contribution >= 4 is 5.78 Å². The number of aryl methyl sites for hydroxylation is 1. The van der Waals surface area contributed by atoms with Crippen LogP contribution in [0.25, 0.3) is 0 Å². The van der Waals surface area contributed by atoms with Gasteiger partial charge in [-0.3, -0.25) is 9.78 Å². The zero-order valence-electron chi connectivity index (χ0n) is 10.6. The molecular formula is C16H15NO2. The molecule has 0 bridgehead atoms. The van der Waals surface area contributed by atoms with Crippen LogP contribution in [0.3, 0.4) is 0 Å². The van der Waals surface area contributed by atoms with Crippen LogP contribution in [-0.4, -0.2) is 10.8 Å². The second kappa shape index (κ2) is 5.22. The van der Waals surface area contributed by atoms with Crippen LogP contribution in [0, 0.1) is 0 Å². The maximum atomic E-state index is 11.8. The van der Waals surface area contributed by atoms with Gasteiger partial charge in [0, 0.05) is 29.9 Å². The molecule has 0 unspecified atom stereocenters. The summed E-state index contributed by atoms with van der Waals surface area (Å²) in [6.07, 6.45) is 6.12. The van der Waals surface area contributed by atoms with Crippen LogP contribution in [0.5, 0.6) is 5.75 Å². The second-order valence-corrected chi connectivity index (χ2v) is 4.75. The number of rotatable bonds is 3. The van der Waals surface area contributed by atoms with Crippen molar-refractivity contribution in [3.63, 3.8) is 0 Å². The summed E-state index contributed by atoms with van der Waals surface area (Å²) in [6, 6.07) is 9.66. The van der Waals surface area contributed by atoms with E-state index in [0.29, 0.717) is 13.0 Å². The lowest BCUT2D eigenvalue weighted by Gasteiger charge is -2.15. The minimum atomic E-state index is 0.230. The molecule has 1 aliphatic carbocycles. The van der Waals surface area contributed by atoms with Gasteiger partial charge in [-0.15, -0.1) is 0 Å². The highest BCUT2D eigenvalue weighted by Gasteiger charge is 2.17. The predicted molar refractivity (Wildman–Crippen MR) is 72.3 cm³/mol. The number of ether oxygens (including phenoxy) is 1. The number of carbonyl (C=O) groups excluding carboxylic acids is 1. The Kier molecular flexibility index (Phi) is 3.27. The summed E-state index contributed by atoms with van der Waals surface area (Å²) in [5, 5.41) is 0. The minimum absolute atomic E-state index is 0.230. The highest BCUT2D eigenvalue weighted by molar-refractivity contribution is 5.98. The van der Waals surface area contributed by atoms with E-state index in [2.05, 4.69) is 4.98 Å². The Morgan fingerprint density at radius 1 is 1.21 bits per heavy atom. The van der Waals surface area contributed by atoms with Crippen LogP contribution in [-0.2, 0) is 13.0 Å². The van der Waals surface area contributed by atoms with E-state index < -0.39 is 0 Å². The largest absolute Gasteiger partial charge is 0.489 e. The third kappa shape index (κ3) is 2.65. The quantitative estimate of drug-likeness (QED) is 0.843. The molecule has 96 valence electrons. The lowest BCUT2D eigenvalue weighted by atomic mass is 9.90. The second-order valence-electron chi connectivity index (χ2n) is 4.75. The molecule has 0 saturated heterocycles. The first-order valence-electron chi connectivity index (χ1n) is 6.51. The van der Waals surface area contributed by atoms with Gasteiger partial charge < -0.3 is 4.74 Å². The average Bonchev–Trinajstić information content (AvgIpc) is 2.47. The number of fused-ring (bicyclic) bond motifs is 1. The molecule has 0 atom stereocenters. The normalized spacial score (nSPS) is 14.0. The fourth-order valence-electron chi connectivity index (χ4n) is 2.35. The molecule has 0 N–H and O–H groups in total. The number of carbonyl (C=O) groups is 1. The first-order valence-corrected chi connectivity index (χ1v) is 6.51. The molecule has 19 heavy (non-hydrogen) atoms. The first kappa shape index (κ1) is 11.9. The van der Waals surface area contributed by atoms with E-state index in [0.717, 1.165) is 35.3 Å². The molecule has 0 fully saturated rings. The van der Waals surface area contributed by atoms with Crippen LogP contribution in [0.4, 0.5) is 0 Å². The summed E-state index contributed by atoms with van der Waals surface area (Å²) >= 11 is 0. The fourth-order valence-corrected chi connectivity index (χ4v) is 2.35. The van der Waals surface area contributed by atoms with Crippen LogP contribution >= 0.6 is 0 Å².